The van der Waals surface area contributed by atoms with Crippen molar-refractivity contribution < 1.29 is 0 Å². The summed E-state index contributed by atoms with van der Waals surface area (Å²) in [5, 5.41) is 6.72. The Labute approximate surface area is 64.7 Å². The molecule has 0 aliphatic carbocycles. The average molecular weight is 141 g/mol. The molecule has 0 fully saturated rings. The van der Waals surface area contributed by atoms with Crippen molar-refractivity contribution in [3.8, 4) is 0 Å². The Morgan fingerprint density at radius 2 is 1.70 bits per heavy atom. The van der Waals surface area contributed by atoms with Gasteiger partial charge in [0.1, 0.15) is 0 Å². The van der Waals surface area contributed by atoms with Gasteiger partial charge in [-0.3, -0.25) is 0 Å². The highest BCUT2D eigenvalue weighted by atomic mass is 14.3. The second kappa shape index (κ2) is 11.2. The number of hydrogen-bond acceptors (Lipinski definition) is 1. The van der Waals surface area contributed by atoms with Crippen molar-refractivity contribution in [3.63, 3.8) is 0 Å². The van der Waals surface area contributed by atoms with Gasteiger partial charge in [-0.2, -0.15) is 0 Å². The minimum atomic E-state index is 1.03. The first-order valence-electron chi connectivity index (χ1n) is 3.90. The molecule has 0 amide bonds. The lowest BCUT2D eigenvalue weighted by Crippen LogP contribution is -1.71. The summed E-state index contributed by atoms with van der Waals surface area (Å²) >= 11 is 0. The highest BCUT2D eigenvalue weighted by Gasteiger charge is 1.73. The Hall–Kier alpha value is -0.590. The van der Waals surface area contributed by atoms with Crippen LogP contribution in [0, 0.1) is 5.41 Å². The largest absolute Gasteiger partial charge is 0.308 e. The molecule has 0 bridgehead atoms. The molecule has 0 aromatic heterocycles. The fourth-order valence-corrected chi connectivity index (χ4v) is 0.381. The van der Waals surface area contributed by atoms with Crippen LogP contribution >= 0.6 is 0 Å². The lowest BCUT2D eigenvalue weighted by molar-refractivity contribution is 1.09. The average Bonchev–Trinajstić information content (AvgIpc) is 1.90. The molecule has 0 aromatic rings. The molecule has 0 aromatic carbocycles. The van der Waals surface area contributed by atoms with Crippen molar-refractivity contribution in [3.05, 3.63) is 11.6 Å². The summed E-state index contributed by atoms with van der Waals surface area (Å²) in [4.78, 5) is 0. The van der Waals surface area contributed by atoms with E-state index in [-0.39, 0.29) is 0 Å². The summed E-state index contributed by atoms with van der Waals surface area (Å²) in [6.07, 6.45) is 5.66. The highest BCUT2D eigenvalue weighted by Crippen LogP contribution is 1.87. The van der Waals surface area contributed by atoms with E-state index in [1.54, 1.807) is 0 Å². The van der Waals surface area contributed by atoms with E-state index in [1.165, 1.54) is 12.6 Å². The Morgan fingerprint density at radius 3 is 1.80 bits per heavy atom. The highest BCUT2D eigenvalue weighted by molar-refractivity contribution is 5.74. The summed E-state index contributed by atoms with van der Waals surface area (Å²) in [5.74, 6) is 0. The fourth-order valence-electron chi connectivity index (χ4n) is 0.381. The van der Waals surface area contributed by atoms with Crippen LogP contribution in [0.3, 0.4) is 0 Å². The number of rotatable bonds is 2. The number of allylic oxidation sites excluding steroid dienone is 2. The van der Waals surface area contributed by atoms with E-state index in [2.05, 4.69) is 20.8 Å². The first kappa shape index (κ1) is 12.1. The molecule has 0 spiro atoms. The predicted octanol–water partition coefficient (Wildman–Crippen LogP) is 3.41. The maximum Gasteiger partial charge on any atom is 0.0203 e. The summed E-state index contributed by atoms with van der Waals surface area (Å²) in [5.41, 5.74) is 1.04. The smallest absolute Gasteiger partial charge is 0.0203 e. The Kier molecular flexibility index (Phi) is 13.6. The lowest BCUT2D eigenvalue weighted by Gasteiger charge is -1.81. The van der Waals surface area contributed by atoms with Crippen molar-refractivity contribution in [1.82, 2.24) is 0 Å². The van der Waals surface area contributed by atoms with Crippen LogP contribution in [0.1, 0.15) is 40.5 Å². The third-order valence-electron chi connectivity index (χ3n) is 0.754. The standard InChI is InChI=1S/C6H11N.C3H8/c1-3-4-6(2)5-7;1-3-2/h4-5,7H,3H2,1-2H3;3H2,1-2H3/b6-4-,7-5?;. The van der Waals surface area contributed by atoms with E-state index >= 15 is 0 Å². The van der Waals surface area contributed by atoms with Crippen molar-refractivity contribution in [2.45, 2.75) is 40.5 Å². The molecule has 60 valence electrons. The van der Waals surface area contributed by atoms with Crippen LogP contribution in [0.5, 0.6) is 0 Å². The second-order valence-electron chi connectivity index (χ2n) is 2.21. The van der Waals surface area contributed by atoms with Crippen molar-refractivity contribution in [2.75, 3.05) is 0 Å². The Morgan fingerprint density at radius 1 is 1.30 bits per heavy atom. The zero-order valence-electron chi connectivity index (χ0n) is 7.57. The first-order valence-corrected chi connectivity index (χ1v) is 3.90. The second-order valence-corrected chi connectivity index (χ2v) is 2.21. The molecule has 0 saturated heterocycles. The number of hydrogen-bond donors (Lipinski definition) is 1. The normalized spacial score (nSPS) is 9.80. The van der Waals surface area contributed by atoms with Crippen LogP contribution in [0.15, 0.2) is 11.6 Å². The molecule has 1 nitrogen and oxygen atoms in total. The molecule has 0 rings (SSSR count). The molecule has 0 saturated carbocycles. The molecule has 1 N–H and O–H groups in total. The van der Waals surface area contributed by atoms with Gasteiger partial charge in [0.2, 0.25) is 0 Å². The first-order chi connectivity index (χ1) is 4.72. The maximum absolute atomic E-state index is 6.72. The molecule has 0 radical (unpaired) electrons. The van der Waals surface area contributed by atoms with Gasteiger partial charge in [-0.25, -0.2) is 0 Å². The van der Waals surface area contributed by atoms with E-state index in [0.717, 1.165) is 12.0 Å². The topological polar surface area (TPSA) is 23.9 Å². The van der Waals surface area contributed by atoms with Crippen LogP contribution in [0.4, 0.5) is 0 Å². The third kappa shape index (κ3) is 15.7. The molecule has 1 heteroatoms. The zero-order valence-corrected chi connectivity index (χ0v) is 7.57. The van der Waals surface area contributed by atoms with E-state index in [9.17, 15) is 0 Å². The summed E-state index contributed by atoms with van der Waals surface area (Å²) < 4.78 is 0. The molecule has 0 atom stereocenters. The van der Waals surface area contributed by atoms with E-state index in [0.29, 0.717) is 0 Å². The molecule has 10 heavy (non-hydrogen) atoms. The summed E-state index contributed by atoms with van der Waals surface area (Å²) in [7, 11) is 0. The van der Waals surface area contributed by atoms with Crippen molar-refractivity contribution >= 4 is 6.21 Å². The quantitative estimate of drug-likeness (QED) is 0.570. The third-order valence-corrected chi connectivity index (χ3v) is 0.754. The number of nitrogens with one attached hydrogen (secondary N) is 1. The van der Waals surface area contributed by atoms with Crippen LogP contribution in [-0.2, 0) is 0 Å². The Balaban J connectivity index is 0. The maximum atomic E-state index is 6.72. The van der Waals surface area contributed by atoms with Gasteiger partial charge in [-0.15, -0.1) is 0 Å². The van der Waals surface area contributed by atoms with Gasteiger partial charge in [0.05, 0.1) is 0 Å². The van der Waals surface area contributed by atoms with Gasteiger partial charge in [0, 0.05) is 6.21 Å². The lowest BCUT2D eigenvalue weighted by atomic mass is 10.3. The van der Waals surface area contributed by atoms with Crippen LogP contribution in [-0.4, -0.2) is 6.21 Å². The van der Waals surface area contributed by atoms with Gasteiger partial charge in [0.15, 0.2) is 0 Å². The van der Waals surface area contributed by atoms with Gasteiger partial charge >= 0.3 is 0 Å². The molecular weight excluding hydrogens is 122 g/mol. The van der Waals surface area contributed by atoms with Gasteiger partial charge < -0.3 is 5.41 Å². The van der Waals surface area contributed by atoms with Crippen LogP contribution < -0.4 is 0 Å². The zero-order chi connectivity index (χ0) is 8.41. The van der Waals surface area contributed by atoms with Gasteiger partial charge in [-0.05, 0) is 18.9 Å². The van der Waals surface area contributed by atoms with E-state index in [1.807, 2.05) is 13.0 Å². The molecule has 0 aliphatic rings. The van der Waals surface area contributed by atoms with E-state index < -0.39 is 0 Å². The minimum Gasteiger partial charge on any atom is -0.308 e. The predicted molar refractivity (Wildman–Crippen MR) is 48.8 cm³/mol. The summed E-state index contributed by atoms with van der Waals surface area (Å²) in [6, 6.07) is 0. The van der Waals surface area contributed by atoms with Gasteiger partial charge in [0.25, 0.3) is 0 Å². The fraction of sp³-hybridized carbons (Fsp3) is 0.667. The SMILES string of the molecule is CC/C=C(/C)C=N.CCC. The van der Waals surface area contributed by atoms with Crippen molar-refractivity contribution in [1.29, 1.82) is 5.41 Å². The minimum absolute atomic E-state index is 1.03. The Bertz CT molecular complexity index is 92.9. The molecular formula is C9H19N. The summed E-state index contributed by atoms with van der Waals surface area (Å²) in [6.45, 7) is 8.24. The molecule has 0 heterocycles. The molecule has 0 unspecified atom stereocenters. The van der Waals surface area contributed by atoms with E-state index in [4.69, 9.17) is 5.41 Å². The van der Waals surface area contributed by atoms with Crippen LogP contribution in [0.25, 0.3) is 0 Å². The van der Waals surface area contributed by atoms with Gasteiger partial charge in [-0.1, -0.05) is 33.3 Å². The monoisotopic (exact) mass is 141 g/mol. The van der Waals surface area contributed by atoms with Crippen LogP contribution in [0.2, 0.25) is 0 Å². The molecule has 0 aliphatic heterocycles. The van der Waals surface area contributed by atoms with Crippen molar-refractivity contribution in [2.24, 2.45) is 0 Å².